The molecule has 2 N–H and O–H groups in total. The molecule has 7 heteroatoms. The molecular weight excluding hydrogens is 322 g/mol. The monoisotopic (exact) mass is 345 g/mol. The Morgan fingerprint density at radius 1 is 1.29 bits per heavy atom. The lowest BCUT2D eigenvalue weighted by Crippen LogP contribution is -2.39. The van der Waals surface area contributed by atoms with E-state index in [1.54, 1.807) is 11.3 Å². The molecule has 0 radical (unpaired) electrons. The smallest absolute Gasteiger partial charge is 0.276 e. The standard InChI is InChI=1S/C17H23N5OS/c1-17(2,3)12-10-24-15(21-12)11-6-4-5-9-22(11)16(23)13-14(18)20-8-7-19-13/h7-8,10-11H,4-6,9H2,1-3H3,(H2,18,20). The van der Waals surface area contributed by atoms with Gasteiger partial charge < -0.3 is 10.6 Å². The SMILES string of the molecule is CC(C)(C)c1csc(C2CCCCN2C(=O)c2nccnc2N)n1. The van der Waals surface area contributed by atoms with E-state index in [1.807, 2.05) is 4.90 Å². The summed E-state index contributed by atoms with van der Waals surface area (Å²) in [6, 6.07) is -0.00578. The van der Waals surface area contributed by atoms with E-state index in [4.69, 9.17) is 10.7 Å². The van der Waals surface area contributed by atoms with Gasteiger partial charge in [-0.05, 0) is 19.3 Å². The van der Waals surface area contributed by atoms with E-state index in [0.29, 0.717) is 6.54 Å². The van der Waals surface area contributed by atoms with Gasteiger partial charge in [-0.25, -0.2) is 15.0 Å². The quantitative estimate of drug-likeness (QED) is 0.903. The molecular formula is C17H23N5OS. The summed E-state index contributed by atoms with van der Waals surface area (Å²) in [5.41, 5.74) is 7.15. The fraction of sp³-hybridized carbons (Fsp3) is 0.529. The average molecular weight is 345 g/mol. The third kappa shape index (κ3) is 3.26. The maximum absolute atomic E-state index is 12.9. The molecule has 1 fully saturated rings. The van der Waals surface area contributed by atoms with E-state index in [1.165, 1.54) is 12.4 Å². The van der Waals surface area contributed by atoms with E-state index in [-0.39, 0.29) is 28.9 Å². The van der Waals surface area contributed by atoms with Crippen molar-refractivity contribution < 1.29 is 4.79 Å². The Kier molecular flexibility index (Phi) is 4.54. The first-order valence-electron chi connectivity index (χ1n) is 8.21. The molecule has 0 aromatic carbocycles. The maximum Gasteiger partial charge on any atom is 0.276 e. The highest BCUT2D eigenvalue weighted by atomic mass is 32.1. The van der Waals surface area contributed by atoms with Crippen molar-refractivity contribution in [3.05, 3.63) is 34.2 Å². The van der Waals surface area contributed by atoms with Gasteiger partial charge in [0.2, 0.25) is 0 Å². The molecule has 1 aliphatic rings. The van der Waals surface area contributed by atoms with Crippen molar-refractivity contribution >= 4 is 23.1 Å². The lowest BCUT2D eigenvalue weighted by atomic mass is 9.93. The first-order chi connectivity index (χ1) is 11.4. The largest absolute Gasteiger partial charge is 0.382 e. The third-order valence-electron chi connectivity index (χ3n) is 4.27. The molecule has 2 aromatic rings. The van der Waals surface area contributed by atoms with Crippen LogP contribution in [0.4, 0.5) is 5.82 Å². The molecule has 0 bridgehead atoms. The van der Waals surface area contributed by atoms with Gasteiger partial charge in [-0.3, -0.25) is 4.79 Å². The van der Waals surface area contributed by atoms with Crippen LogP contribution < -0.4 is 5.73 Å². The third-order valence-corrected chi connectivity index (χ3v) is 5.21. The second-order valence-electron chi connectivity index (χ2n) is 7.12. The molecule has 1 saturated heterocycles. The van der Waals surface area contributed by atoms with Crippen LogP contribution >= 0.6 is 11.3 Å². The van der Waals surface area contributed by atoms with Gasteiger partial charge in [-0.1, -0.05) is 20.8 Å². The van der Waals surface area contributed by atoms with Gasteiger partial charge in [-0.15, -0.1) is 11.3 Å². The zero-order valence-electron chi connectivity index (χ0n) is 14.3. The summed E-state index contributed by atoms with van der Waals surface area (Å²) in [4.78, 5) is 27.7. The number of nitrogens with two attached hydrogens (primary N) is 1. The summed E-state index contributed by atoms with van der Waals surface area (Å²) in [5.74, 6) is 0.0270. The van der Waals surface area contributed by atoms with Gasteiger partial charge in [0.05, 0.1) is 11.7 Å². The Hall–Kier alpha value is -2.02. The molecule has 0 saturated carbocycles. The number of carbonyl (C=O) groups is 1. The van der Waals surface area contributed by atoms with Crippen LogP contribution in [0.5, 0.6) is 0 Å². The first-order valence-corrected chi connectivity index (χ1v) is 9.09. The number of hydrogen-bond acceptors (Lipinski definition) is 6. The molecule has 0 spiro atoms. The van der Waals surface area contributed by atoms with Crippen molar-refractivity contribution in [1.29, 1.82) is 0 Å². The number of piperidine rings is 1. The van der Waals surface area contributed by atoms with Crippen LogP contribution in [-0.2, 0) is 5.41 Å². The van der Waals surface area contributed by atoms with Crippen molar-refractivity contribution in [2.24, 2.45) is 0 Å². The van der Waals surface area contributed by atoms with E-state index in [9.17, 15) is 4.79 Å². The van der Waals surface area contributed by atoms with Gasteiger partial charge in [0.25, 0.3) is 5.91 Å². The number of anilines is 1. The van der Waals surface area contributed by atoms with Gasteiger partial charge in [0, 0.05) is 29.7 Å². The Balaban J connectivity index is 1.90. The number of rotatable bonds is 2. The van der Waals surface area contributed by atoms with E-state index in [0.717, 1.165) is 30.0 Å². The minimum Gasteiger partial charge on any atom is -0.382 e. The molecule has 3 rings (SSSR count). The fourth-order valence-corrected chi connectivity index (χ4v) is 4.06. The Labute approximate surface area is 146 Å². The first kappa shape index (κ1) is 16.8. The van der Waals surface area contributed by atoms with Crippen molar-refractivity contribution in [3.8, 4) is 0 Å². The summed E-state index contributed by atoms with van der Waals surface area (Å²) >= 11 is 1.63. The summed E-state index contributed by atoms with van der Waals surface area (Å²) in [7, 11) is 0. The van der Waals surface area contributed by atoms with E-state index >= 15 is 0 Å². The van der Waals surface area contributed by atoms with Gasteiger partial charge in [-0.2, -0.15) is 0 Å². The van der Waals surface area contributed by atoms with E-state index < -0.39 is 0 Å². The number of nitrogens with zero attached hydrogens (tertiary/aromatic N) is 4. The van der Waals surface area contributed by atoms with Crippen molar-refractivity contribution in [1.82, 2.24) is 19.9 Å². The number of aromatic nitrogens is 3. The number of hydrogen-bond donors (Lipinski definition) is 1. The summed E-state index contributed by atoms with van der Waals surface area (Å²) in [6.07, 6.45) is 6.00. The molecule has 1 atom stereocenters. The molecule has 128 valence electrons. The van der Waals surface area contributed by atoms with Crippen LogP contribution in [0.1, 0.15) is 67.3 Å². The topological polar surface area (TPSA) is 85.0 Å². The second-order valence-corrected chi connectivity index (χ2v) is 8.01. The highest BCUT2D eigenvalue weighted by Gasteiger charge is 2.33. The molecule has 3 heterocycles. The molecule has 1 unspecified atom stereocenters. The van der Waals surface area contributed by atoms with Crippen LogP contribution in [0.15, 0.2) is 17.8 Å². The normalized spacial score (nSPS) is 18.6. The van der Waals surface area contributed by atoms with Crippen molar-refractivity contribution in [2.45, 2.75) is 51.5 Å². The minimum absolute atomic E-state index is 0.00578. The highest BCUT2D eigenvalue weighted by Crippen LogP contribution is 2.35. The molecule has 0 aliphatic carbocycles. The van der Waals surface area contributed by atoms with Gasteiger partial charge in [0.1, 0.15) is 5.01 Å². The minimum atomic E-state index is -0.155. The molecule has 6 nitrogen and oxygen atoms in total. The van der Waals surface area contributed by atoms with Gasteiger partial charge in [0.15, 0.2) is 11.5 Å². The summed E-state index contributed by atoms with van der Waals surface area (Å²) in [5, 5.41) is 3.10. The molecule has 2 aromatic heterocycles. The Bertz CT molecular complexity index is 737. The second kappa shape index (κ2) is 6.47. The average Bonchev–Trinajstić information content (AvgIpc) is 3.05. The Morgan fingerprint density at radius 2 is 2.04 bits per heavy atom. The number of likely N-dealkylation sites (tertiary alicyclic amines) is 1. The zero-order chi connectivity index (χ0) is 17.3. The predicted molar refractivity (Wildman–Crippen MR) is 94.9 cm³/mol. The lowest BCUT2D eigenvalue weighted by molar-refractivity contribution is 0.0605. The maximum atomic E-state index is 12.9. The lowest BCUT2D eigenvalue weighted by Gasteiger charge is -2.34. The van der Waals surface area contributed by atoms with Crippen molar-refractivity contribution in [3.63, 3.8) is 0 Å². The molecule has 1 aliphatic heterocycles. The van der Waals surface area contributed by atoms with Crippen LogP contribution in [0, 0.1) is 0 Å². The molecule has 1 amide bonds. The number of nitrogen functional groups attached to an aromatic ring is 1. The van der Waals surface area contributed by atoms with Crippen molar-refractivity contribution in [2.75, 3.05) is 12.3 Å². The number of thiazole rings is 1. The van der Waals surface area contributed by atoms with Crippen LogP contribution in [0.25, 0.3) is 0 Å². The summed E-state index contributed by atoms with van der Waals surface area (Å²) in [6.45, 7) is 7.14. The summed E-state index contributed by atoms with van der Waals surface area (Å²) < 4.78 is 0. The highest BCUT2D eigenvalue weighted by molar-refractivity contribution is 7.09. The van der Waals surface area contributed by atoms with Crippen LogP contribution in [-0.4, -0.2) is 32.3 Å². The number of carbonyl (C=O) groups excluding carboxylic acids is 1. The van der Waals surface area contributed by atoms with Crippen LogP contribution in [0.3, 0.4) is 0 Å². The predicted octanol–water partition coefficient (Wildman–Crippen LogP) is 3.18. The van der Waals surface area contributed by atoms with Crippen LogP contribution in [0.2, 0.25) is 0 Å². The zero-order valence-corrected chi connectivity index (χ0v) is 15.1. The Morgan fingerprint density at radius 3 is 2.71 bits per heavy atom. The number of amides is 1. The fourth-order valence-electron chi connectivity index (χ4n) is 2.87. The molecule has 24 heavy (non-hydrogen) atoms. The van der Waals surface area contributed by atoms with Gasteiger partial charge >= 0.3 is 0 Å². The van der Waals surface area contributed by atoms with E-state index in [2.05, 4.69) is 36.1 Å².